The molecule has 0 rings (SSSR count). The van der Waals surface area contributed by atoms with Crippen molar-refractivity contribution in [2.24, 2.45) is 0 Å². The van der Waals surface area contributed by atoms with E-state index in [2.05, 4.69) is 20.8 Å². The average Bonchev–Trinajstić information content (AvgIpc) is 3.24. The van der Waals surface area contributed by atoms with E-state index in [-0.39, 0.29) is 31.1 Å². The molecule has 0 aliphatic carbocycles. The molecule has 0 unspecified atom stereocenters. The highest BCUT2D eigenvalue weighted by Gasteiger charge is 2.19. The van der Waals surface area contributed by atoms with Gasteiger partial charge in [-0.1, -0.05) is 271 Å². The van der Waals surface area contributed by atoms with Crippen LogP contribution in [0.3, 0.4) is 0 Å². The summed E-state index contributed by atoms with van der Waals surface area (Å²) in [4.78, 5) is 37.9. The summed E-state index contributed by atoms with van der Waals surface area (Å²) < 4.78 is 16.8. The Kier molecular flexibility index (Phi) is 48.7. The second-order valence-electron chi connectivity index (χ2n) is 18.5. The van der Waals surface area contributed by atoms with Crippen molar-refractivity contribution in [3.8, 4) is 0 Å². The van der Waals surface area contributed by atoms with Crippen molar-refractivity contribution in [2.45, 2.75) is 316 Å². The van der Waals surface area contributed by atoms with Gasteiger partial charge in [0.2, 0.25) is 0 Å². The molecular formula is C54H104O6. The Labute approximate surface area is 374 Å². The van der Waals surface area contributed by atoms with Gasteiger partial charge >= 0.3 is 17.9 Å². The summed E-state index contributed by atoms with van der Waals surface area (Å²) in [5.41, 5.74) is 0. The first-order valence-corrected chi connectivity index (χ1v) is 27.0. The smallest absolute Gasteiger partial charge is 0.306 e. The van der Waals surface area contributed by atoms with Gasteiger partial charge in [-0.15, -0.1) is 0 Å². The maximum Gasteiger partial charge on any atom is 0.306 e. The molecule has 0 spiro atoms. The number of ether oxygens (including phenoxy) is 3. The predicted octanol–water partition coefficient (Wildman–Crippen LogP) is 17.6. The van der Waals surface area contributed by atoms with Crippen LogP contribution in [0.1, 0.15) is 310 Å². The quantitative estimate of drug-likeness (QED) is 0.0345. The van der Waals surface area contributed by atoms with E-state index in [0.717, 1.165) is 57.8 Å². The monoisotopic (exact) mass is 849 g/mol. The van der Waals surface area contributed by atoms with Crippen molar-refractivity contribution in [3.63, 3.8) is 0 Å². The van der Waals surface area contributed by atoms with Crippen molar-refractivity contribution < 1.29 is 28.6 Å². The minimum absolute atomic E-state index is 0.0616. The zero-order valence-corrected chi connectivity index (χ0v) is 40.8. The number of rotatable bonds is 50. The van der Waals surface area contributed by atoms with Gasteiger partial charge in [-0.2, -0.15) is 0 Å². The summed E-state index contributed by atoms with van der Waals surface area (Å²) >= 11 is 0. The Morgan fingerprint density at radius 1 is 0.267 bits per heavy atom. The second kappa shape index (κ2) is 50.1. The third-order valence-corrected chi connectivity index (χ3v) is 12.4. The van der Waals surface area contributed by atoms with E-state index in [9.17, 15) is 14.4 Å². The van der Waals surface area contributed by atoms with Crippen LogP contribution in [0, 0.1) is 0 Å². The summed E-state index contributed by atoms with van der Waals surface area (Å²) in [6.07, 6.45) is 53.7. The molecule has 0 aromatic carbocycles. The van der Waals surface area contributed by atoms with Gasteiger partial charge in [0, 0.05) is 19.3 Å². The summed E-state index contributed by atoms with van der Waals surface area (Å²) in [7, 11) is 0. The fraction of sp³-hybridized carbons (Fsp3) is 0.944. The van der Waals surface area contributed by atoms with Crippen LogP contribution in [-0.2, 0) is 28.6 Å². The minimum atomic E-state index is -0.759. The van der Waals surface area contributed by atoms with Crippen LogP contribution in [0.25, 0.3) is 0 Å². The summed E-state index contributed by atoms with van der Waals surface area (Å²) in [6, 6.07) is 0. The third-order valence-electron chi connectivity index (χ3n) is 12.4. The Morgan fingerprint density at radius 2 is 0.450 bits per heavy atom. The molecule has 1 atom stereocenters. The average molecular weight is 849 g/mol. The lowest BCUT2D eigenvalue weighted by molar-refractivity contribution is -0.167. The molecule has 0 amide bonds. The Hall–Kier alpha value is -1.59. The lowest BCUT2D eigenvalue weighted by atomic mass is 10.0. The lowest BCUT2D eigenvalue weighted by Gasteiger charge is -2.18. The van der Waals surface area contributed by atoms with Crippen molar-refractivity contribution in [2.75, 3.05) is 13.2 Å². The van der Waals surface area contributed by atoms with Crippen LogP contribution >= 0.6 is 0 Å². The van der Waals surface area contributed by atoms with E-state index in [4.69, 9.17) is 14.2 Å². The molecule has 6 nitrogen and oxygen atoms in total. The molecule has 0 aromatic heterocycles. The van der Waals surface area contributed by atoms with Gasteiger partial charge in [0.1, 0.15) is 13.2 Å². The van der Waals surface area contributed by atoms with Gasteiger partial charge in [0.15, 0.2) is 6.10 Å². The highest BCUT2D eigenvalue weighted by atomic mass is 16.6. The zero-order valence-electron chi connectivity index (χ0n) is 40.8. The first kappa shape index (κ1) is 58.4. The summed E-state index contributed by atoms with van der Waals surface area (Å²) in [6.45, 7) is 6.68. The largest absolute Gasteiger partial charge is 0.462 e. The molecule has 0 radical (unpaired) electrons. The van der Waals surface area contributed by atoms with Gasteiger partial charge in [-0.3, -0.25) is 14.4 Å². The second-order valence-corrected chi connectivity index (χ2v) is 18.5. The fourth-order valence-electron chi connectivity index (χ4n) is 8.27. The summed E-state index contributed by atoms with van der Waals surface area (Å²) in [5, 5.41) is 0. The Morgan fingerprint density at radius 3 is 0.667 bits per heavy atom. The van der Waals surface area contributed by atoms with Crippen molar-refractivity contribution >= 4 is 17.9 Å². The zero-order chi connectivity index (χ0) is 43.7. The molecule has 0 aliphatic rings. The third kappa shape index (κ3) is 47.5. The van der Waals surface area contributed by atoms with Crippen molar-refractivity contribution in [3.05, 3.63) is 0 Å². The highest BCUT2D eigenvalue weighted by molar-refractivity contribution is 5.71. The van der Waals surface area contributed by atoms with Gasteiger partial charge < -0.3 is 14.2 Å². The first-order chi connectivity index (χ1) is 29.5. The number of carbonyl (C=O) groups excluding carboxylic acids is 3. The predicted molar refractivity (Wildman–Crippen MR) is 257 cm³/mol. The normalized spacial score (nSPS) is 11.8. The Balaban J connectivity index is 4.26. The fourth-order valence-corrected chi connectivity index (χ4v) is 8.27. The molecule has 0 saturated carbocycles. The van der Waals surface area contributed by atoms with E-state index in [1.807, 2.05) is 0 Å². The van der Waals surface area contributed by atoms with Crippen LogP contribution in [0.4, 0.5) is 0 Å². The number of hydrogen-bond acceptors (Lipinski definition) is 6. The van der Waals surface area contributed by atoms with Gasteiger partial charge in [0.05, 0.1) is 0 Å². The maximum absolute atomic E-state index is 12.8. The highest BCUT2D eigenvalue weighted by Crippen LogP contribution is 2.17. The number of esters is 3. The van der Waals surface area contributed by atoms with Gasteiger partial charge in [-0.05, 0) is 19.3 Å². The van der Waals surface area contributed by atoms with Gasteiger partial charge in [0.25, 0.3) is 0 Å². The van der Waals surface area contributed by atoms with Crippen LogP contribution in [0.5, 0.6) is 0 Å². The van der Waals surface area contributed by atoms with Crippen LogP contribution < -0.4 is 0 Å². The molecule has 0 fully saturated rings. The molecule has 0 heterocycles. The molecule has 0 aromatic rings. The molecule has 0 aliphatic heterocycles. The topological polar surface area (TPSA) is 78.9 Å². The molecule has 0 bridgehead atoms. The van der Waals surface area contributed by atoms with E-state index < -0.39 is 6.10 Å². The van der Waals surface area contributed by atoms with Crippen molar-refractivity contribution in [1.82, 2.24) is 0 Å². The molecular weight excluding hydrogens is 745 g/mol. The van der Waals surface area contributed by atoms with Crippen LogP contribution in [0.15, 0.2) is 0 Å². The van der Waals surface area contributed by atoms with E-state index in [1.165, 1.54) is 212 Å². The van der Waals surface area contributed by atoms with E-state index >= 15 is 0 Å². The van der Waals surface area contributed by atoms with Crippen LogP contribution in [0.2, 0.25) is 0 Å². The van der Waals surface area contributed by atoms with Crippen molar-refractivity contribution in [1.29, 1.82) is 0 Å². The number of carbonyl (C=O) groups is 3. The molecule has 356 valence electrons. The Bertz CT molecular complexity index is 889. The van der Waals surface area contributed by atoms with E-state index in [1.54, 1.807) is 0 Å². The number of unbranched alkanes of at least 4 members (excludes halogenated alkanes) is 39. The molecule has 6 heteroatoms. The van der Waals surface area contributed by atoms with Crippen LogP contribution in [-0.4, -0.2) is 37.2 Å². The number of hydrogen-bond donors (Lipinski definition) is 0. The SMILES string of the molecule is CCCCCCCCCCCCCCCCCCCC(=O)O[C@H](COC(=O)CCCCCCCCCCCC)COC(=O)CCCCCCCCCCCCCCCCC. The summed E-state index contributed by atoms with van der Waals surface area (Å²) in [5.74, 6) is -0.839. The first-order valence-electron chi connectivity index (χ1n) is 27.0. The molecule has 0 saturated heterocycles. The van der Waals surface area contributed by atoms with E-state index in [0.29, 0.717) is 19.3 Å². The lowest BCUT2D eigenvalue weighted by Crippen LogP contribution is -2.30. The van der Waals surface area contributed by atoms with Gasteiger partial charge in [-0.25, -0.2) is 0 Å². The maximum atomic E-state index is 12.8. The minimum Gasteiger partial charge on any atom is -0.462 e. The standard InChI is InChI=1S/C54H104O6/c1-4-7-10-13-16-19-22-24-26-27-29-31-33-36-39-42-45-48-54(57)60-51(49-58-52(55)46-43-40-37-34-21-18-15-12-9-6-3)50-59-53(56)47-44-41-38-35-32-30-28-25-23-20-17-14-11-8-5-2/h51H,4-50H2,1-3H3/t51-/m1/s1. The molecule has 60 heavy (non-hydrogen) atoms. The molecule has 0 N–H and O–H groups in total.